The van der Waals surface area contributed by atoms with E-state index in [1.54, 1.807) is 0 Å². The van der Waals surface area contributed by atoms with Crippen molar-refractivity contribution < 1.29 is 22.3 Å². The van der Waals surface area contributed by atoms with Crippen LogP contribution < -0.4 is 10.5 Å². The van der Waals surface area contributed by atoms with Gasteiger partial charge in [0.2, 0.25) is 11.8 Å². The summed E-state index contributed by atoms with van der Waals surface area (Å²) in [4.78, 5) is 6.55. The molecular weight excluding hydrogens is 266 g/mol. The number of nitrogens with zero attached hydrogens (tertiary/aromatic N) is 2. The maximum absolute atomic E-state index is 12.9. The van der Waals surface area contributed by atoms with Gasteiger partial charge in [0.1, 0.15) is 11.6 Å². The van der Waals surface area contributed by atoms with Crippen LogP contribution in [0.3, 0.4) is 0 Å². The fourth-order valence-electron chi connectivity index (χ4n) is 1.29. The van der Waals surface area contributed by atoms with E-state index in [2.05, 4.69) is 9.97 Å². The van der Waals surface area contributed by atoms with E-state index < -0.39 is 29.5 Å². The van der Waals surface area contributed by atoms with Gasteiger partial charge in [-0.05, 0) is 12.1 Å². The Morgan fingerprint density at radius 3 is 2.47 bits per heavy atom. The van der Waals surface area contributed by atoms with Gasteiger partial charge < -0.3 is 10.5 Å². The lowest BCUT2D eigenvalue weighted by atomic mass is 10.3. The Bertz CT molecular complexity index is 601. The number of ether oxygens (including phenoxy) is 1. The third-order valence-corrected chi connectivity index (χ3v) is 2.03. The fourth-order valence-corrected chi connectivity index (χ4v) is 1.29. The zero-order chi connectivity index (χ0) is 14.0. The predicted molar refractivity (Wildman–Crippen MR) is 57.9 cm³/mol. The van der Waals surface area contributed by atoms with Crippen LogP contribution in [0.1, 0.15) is 5.69 Å². The second-order valence-corrected chi connectivity index (χ2v) is 3.51. The van der Waals surface area contributed by atoms with Crippen LogP contribution in [0, 0.1) is 5.82 Å². The Hall–Kier alpha value is -2.38. The van der Waals surface area contributed by atoms with Crippen LogP contribution in [0.25, 0.3) is 0 Å². The largest absolute Gasteiger partial charge is 0.439 e. The smallest absolute Gasteiger partial charge is 0.433 e. The molecule has 2 N–H and O–H groups in total. The van der Waals surface area contributed by atoms with Gasteiger partial charge in [0, 0.05) is 12.1 Å². The van der Waals surface area contributed by atoms with Gasteiger partial charge >= 0.3 is 6.18 Å². The second kappa shape index (κ2) is 4.71. The van der Waals surface area contributed by atoms with Crippen molar-refractivity contribution in [2.45, 2.75) is 6.18 Å². The summed E-state index contributed by atoms with van der Waals surface area (Å²) in [5, 5.41) is 0. The number of alkyl halides is 3. The first-order chi connectivity index (χ1) is 8.84. The van der Waals surface area contributed by atoms with Gasteiger partial charge in [0.25, 0.3) is 0 Å². The molecule has 19 heavy (non-hydrogen) atoms. The molecule has 0 bridgehead atoms. The first-order valence-corrected chi connectivity index (χ1v) is 5.00. The molecule has 2 aromatic rings. The van der Waals surface area contributed by atoms with Crippen LogP contribution in [-0.4, -0.2) is 9.97 Å². The summed E-state index contributed by atoms with van der Waals surface area (Å²) >= 11 is 0. The number of anilines is 1. The van der Waals surface area contributed by atoms with Crippen molar-refractivity contribution in [2.75, 3.05) is 5.73 Å². The zero-order valence-corrected chi connectivity index (χ0v) is 9.28. The third kappa shape index (κ3) is 3.30. The molecule has 0 unspecified atom stereocenters. The van der Waals surface area contributed by atoms with E-state index >= 15 is 0 Å². The van der Waals surface area contributed by atoms with Gasteiger partial charge in [-0.1, -0.05) is 6.07 Å². The van der Waals surface area contributed by atoms with Crippen LogP contribution in [0.5, 0.6) is 11.6 Å². The number of nitrogens with two attached hydrogens (primary N) is 1. The Morgan fingerprint density at radius 1 is 1.11 bits per heavy atom. The number of hydrogen-bond donors (Lipinski definition) is 1. The quantitative estimate of drug-likeness (QED) is 0.854. The maximum Gasteiger partial charge on any atom is 0.433 e. The molecule has 0 spiro atoms. The van der Waals surface area contributed by atoms with Crippen molar-refractivity contribution in [1.82, 2.24) is 9.97 Å². The van der Waals surface area contributed by atoms with Crippen molar-refractivity contribution in [3.05, 3.63) is 41.8 Å². The van der Waals surface area contributed by atoms with Gasteiger partial charge in [-0.2, -0.15) is 18.2 Å². The highest BCUT2D eigenvalue weighted by molar-refractivity contribution is 5.32. The molecule has 100 valence electrons. The van der Waals surface area contributed by atoms with Gasteiger partial charge in [-0.3, -0.25) is 0 Å². The summed E-state index contributed by atoms with van der Waals surface area (Å²) in [5.74, 6) is -1.58. The Morgan fingerprint density at radius 2 is 1.84 bits per heavy atom. The number of benzene rings is 1. The molecule has 0 saturated heterocycles. The highest BCUT2D eigenvalue weighted by Crippen LogP contribution is 2.31. The van der Waals surface area contributed by atoms with Crippen molar-refractivity contribution in [3.63, 3.8) is 0 Å². The van der Waals surface area contributed by atoms with Gasteiger partial charge in [0.05, 0.1) is 0 Å². The van der Waals surface area contributed by atoms with Crippen molar-refractivity contribution in [2.24, 2.45) is 0 Å². The first kappa shape index (κ1) is 13.1. The minimum absolute atomic E-state index is 0.00576. The molecular formula is C11H7F4N3O. The first-order valence-electron chi connectivity index (χ1n) is 5.00. The van der Waals surface area contributed by atoms with Crippen LogP contribution in [0.4, 0.5) is 23.5 Å². The SMILES string of the molecule is Nc1nc(Oc2cccc(F)c2)cc(C(F)(F)F)n1. The summed E-state index contributed by atoms with van der Waals surface area (Å²) in [5.41, 5.74) is 3.93. The highest BCUT2D eigenvalue weighted by atomic mass is 19.4. The van der Waals surface area contributed by atoms with E-state index in [1.165, 1.54) is 18.2 Å². The molecule has 1 aromatic carbocycles. The Balaban J connectivity index is 2.33. The van der Waals surface area contributed by atoms with Crippen molar-refractivity contribution in [1.29, 1.82) is 0 Å². The number of nitrogen functional groups attached to an aromatic ring is 1. The highest BCUT2D eigenvalue weighted by Gasteiger charge is 2.33. The topological polar surface area (TPSA) is 61.0 Å². The van der Waals surface area contributed by atoms with Crippen LogP contribution in [-0.2, 0) is 6.18 Å². The lowest BCUT2D eigenvalue weighted by Gasteiger charge is -2.09. The average molecular weight is 273 g/mol. The number of rotatable bonds is 2. The van der Waals surface area contributed by atoms with E-state index in [4.69, 9.17) is 10.5 Å². The summed E-state index contributed by atoms with van der Waals surface area (Å²) in [6, 6.07) is 5.48. The molecule has 4 nitrogen and oxygen atoms in total. The Kier molecular flexibility index (Phi) is 3.24. The molecule has 0 aliphatic heterocycles. The molecule has 0 aliphatic rings. The Labute approximate surface area is 104 Å². The summed E-state index contributed by atoms with van der Waals surface area (Å²) in [6.07, 6.45) is -4.67. The number of aromatic nitrogens is 2. The molecule has 0 aliphatic carbocycles. The summed E-state index contributed by atoms with van der Waals surface area (Å²) in [6.45, 7) is 0. The monoisotopic (exact) mass is 273 g/mol. The van der Waals surface area contributed by atoms with E-state index in [9.17, 15) is 17.6 Å². The van der Waals surface area contributed by atoms with Crippen LogP contribution in [0.2, 0.25) is 0 Å². The van der Waals surface area contributed by atoms with Crippen molar-refractivity contribution in [3.8, 4) is 11.6 Å². The van der Waals surface area contributed by atoms with Gasteiger partial charge in [0.15, 0.2) is 5.69 Å². The maximum atomic E-state index is 12.9. The molecule has 0 saturated carbocycles. The molecule has 0 amide bonds. The van der Waals surface area contributed by atoms with Crippen LogP contribution in [0.15, 0.2) is 30.3 Å². The molecule has 0 atom stereocenters. The zero-order valence-electron chi connectivity index (χ0n) is 9.28. The average Bonchev–Trinajstić information content (AvgIpc) is 2.26. The normalized spacial score (nSPS) is 11.4. The summed E-state index contributed by atoms with van der Waals surface area (Å²) < 4.78 is 55.4. The summed E-state index contributed by atoms with van der Waals surface area (Å²) in [7, 11) is 0. The third-order valence-electron chi connectivity index (χ3n) is 2.03. The molecule has 8 heteroatoms. The molecule has 0 radical (unpaired) electrons. The predicted octanol–water partition coefficient (Wildman–Crippen LogP) is 3.01. The van der Waals surface area contributed by atoms with Crippen molar-refractivity contribution >= 4 is 5.95 Å². The van der Waals surface area contributed by atoms with Gasteiger partial charge in [-0.15, -0.1) is 0 Å². The minimum Gasteiger partial charge on any atom is -0.439 e. The van der Waals surface area contributed by atoms with E-state index in [0.29, 0.717) is 6.07 Å². The van der Waals surface area contributed by atoms with Crippen LogP contribution >= 0.6 is 0 Å². The number of halogens is 4. The number of hydrogen-bond acceptors (Lipinski definition) is 4. The lowest BCUT2D eigenvalue weighted by Crippen LogP contribution is -2.11. The van der Waals surface area contributed by atoms with E-state index in [1.807, 2.05) is 0 Å². The molecule has 0 fully saturated rings. The van der Waals surface area contributed by atoms with E-state index in [-0.39, 0.29) is 5.75 Å². The fraction of sp³-hybridized carbons (Fsp3) is 0.0909. The lowest BCUT2D eigenvalue weighted by molar-refractivity contribution is -0.141. The molecule has 1 aromatic heterocycles. The molecule has 2 rings (SSSR count). The van der Waals surface area contributed by atoms with Gasteiger partial charge in [-0.25, -0.2) is 9.37 Å². The molecule has 1 heterocycles. The second-order valence-electron chi connectivity index (χ2n) is 3.51. The minimum atomic E-state index is -4.67. The standard InChI is InChI=1S/C11H7F4N3O/c12-6-2-1-3-7(4-6)19-9-5-8(11(13,14)15)17-10(16)18-9/h1-5H,(H2,16,17,18). The van der Waals surface area contributed by atoms with E-state index in [0.717, 1.165) is 6.07 Å².